The number of hydrogen-bond donors (Lipinski definition) is 1. The summed E-state index contributed by atoms with van der Waals surface area (Å²) in [5.74, 6) is 0.273. The molecule has 1 spiro atoms. The summed E-state index contributed by atoms with van der Waals surface area (Å²) in [6.45, 7) is 1.59. The molecule has 0 unspecified atom stereocenters. The molecule has 1 aliphatic heterocycles. The van der Waals surface area contributed by atoms with Gasteiger partial charge in [-0.3, -0.25) is 4.79 Å². The highest BCUT2D eigenvalue weighted by atomic mass is 19.1. The van der Waals surface area contributed by atoms with Gasteiger partial charge in [0.25, 0.3) is 5.91 Å². The molecule has 2 aromatic rings. The Balaban J connectivity index is 1.44. The van der Waals surface area contributed by atoms with Crippen LogP contribution in [-0.2, 0) is 6.61 Å². The first-order valence-electron chi connectivity index (χ1n) is 10.0. The highest BCUT2D eigenvalue weighted by Crippen LogP contribution is 2.45. The van der Waals surface area contributed by atoms with Crippen LogP contribution in [0.15, 0.2) is 48.5 Å². The number of halogens is 1. The normalized spacial score (nSPS) is 24.5. The van der Waals surface area contributed by atoms with Gasteiger partial charge >= 0.3 is 0 Å². The SMILES string of the molecule is O=C(c1cccc(OCc2cccc(F)c2)c1)N1CCC[C@@]2(CCC[C@H]2O)C1. The Kier molecular flexibility index (Phi) is 5.36. The lowest BCUT2D eigenvalue weighted by atomic mass is 9.76. The first-order chi connectivity index (χ1) is 13.6. The fourth-order valence-corrected chi connectivity index (χ4v) is 4.62. The number of benzene rings is 2. The average molecular weight is 383 g/mol. The number of likely N-dealkylation sites (tertiary alicyclic amines) is 1. The summed E-state index contributed by atoms with van der Waals surface area (Å²) in [5.41, 5.74) is 1.20. The molecule has 28 heavy (non-hydrogen) atoms. The number of aliphatic hydroxyl groups is 1. The van der Waals surface area contributed by atoms with E-state index in [0.717, 1.165) is 44.2 Å². The molecule has 1 saturated heterocycles. The lowest BCUT2D eigenvalue weighted by Crippen LogP contribution is -2.49. The molecule has 4 nitrogen and oxygen atoms in total. The van der Waals surface area contributed by atoms with Crippen LogP contribution in [0.25, 0.3) is 0 Å². The quantitative estimate of drug-likeness (QED) is 0.862. The highest BCUT2D eigenvalue weighted by Gasteiger charge is 2.45. The van der Waals surface area contributed by atoms with Crippen molar-refractivity contribution in [2.45, 2.75) is 44.8 Å². The van der Waals surface area contributed by atoms with E-state index in [0.29, 0.717) is 17.9 Å². The summed E-state index contributed by atoms with van der Waals surface area (Å²) < 4.78 is 19.1. The minimum atomic E-state index is -0.302. The summed E-state index contributed by atoms with van der Waals surface area (Å²) in [5, 5.41) is 10.4. The summed E-state index contributed by atoms with van der Waals surface area (Å²) in [6.07, 6.45) is 4.49. The van der Waals surface area contributed by atoms with E-state index >= 15 is 0 Å². The minimum Gasteiger partial charge on any atom is -0.489 e. The first-order valence-corrected chi connectivity index (χ1v) is 10.0. The van der Waals surface area contributed by atoms with Gasteiger partial charge < -0.3 is 14.7 Å². The molecule has 1 N–H and O–H groups in total. The summed E-state index contributed by atoms with van der Waals surface area (Å²) in [6, 6.07) is 13.4. The molecule has 2 atom stereocenters. The second kappa shape index (κ2) is 7.92. The Bertz CT molecular complexity index is 855. The number of rotatable bonds is 4. The summed E-state index contributed by atoms with van der Waals surface area (Å²) in [7, 11) is 0. The van der Waals surface area contributed by atoms with Gasteiger partial charge in [-0.2, -0.15) is 0 Å². The van der Waals surface area contributed by atoms with Gasteiger partial charge in [0.2, 0.25) is 0 Å². The molecule has 2 aromatic carbocycles. The Morgan fingerprint density at radius 3 is 2.79 bits per heavy atom. The second-order valence-electron chi connectivity index (χ2n) is 8.05. The Labute approximate surface area is 164 Å². The molecule has 1 aliphatic carbocycles. The smallest absolute Gasteiger partial charge is 0.254 e. The standard InChI is InChI=1S/C23H26FNO3/c24-19-7-1-5-17(13-19)15-28-20-8-2-6-18(14-20)22(27)25-12-4-11-23(16-25)10-3-9-21(23)26/h1-2,5-8,13-14,21,26H,3-4,9-12,15-16H2/t21-,23+/m1/s1. The number of aliphatic hydroxyl groups excluding tert-OH is 1. The van der Waals surface area contributed by atoms with Crippen molar-refractivity contribution in [3.63, 3.8) is 0 Å². The van der Waals surface area contributed by atoms with Gasteiger partial charge in [0, 0.05) is 24.1 Å². The predicted octanol–water partition coefficient (Wildman–Crippen LogP) is 4.17. The average Bonchev–Trinajstić information content (AvgIpc) is 3.05. The molecule has 1 saturated carbocycles. The van der Waals surface area contributed by atoms with Crippen LogP contribution in [0.4, 0.5) is 4.39 Å². The van der Waals surface area contributed by atoms with Crippen LogP contribution in [0.1, 0.15) is 48.0 Å². The number of hydrogen-bond acceptors (Lipinski definition) is 3. The molecule has 148 valence electrons. The van der Waals surface area contributed by atoms with Gasteiger partial charge in [0.1, 0.15) is 18.2 Å². The molecule has 1 heterocycles. The van der Waals surface area contributed by atoms with E-state index in [1.165, 1.54) is 12.1 Å². The van der Waals surface area contributed by atoms with E-state index in [-0.39, 0.29) is 29.9 Å². The van der Waals surface area contributed by atoms with Crippen LogP contribution >= 0.6 is 0 Å². The maximum absolute atomic E-state index is 13.3. The molecule has 1 amide bonds. The molecule has 0 bridgehead atoms. The van der Waals surface area contributed by atoms with Crippen molar-refractivity contribution in [3.05, 3.63) is 65.5 Å². The molecule has 0 aromatic heterocycles. The predicted molar refractivity (Wildman–Crippen MR) is 105 cm³/mol. The first kappa shape index (κ1) is 18.9. The van der Waals surface area contributed by atoms with Crippen LogP contribution in [0.5, 0.6) is 5.75 Å². The lowest BCUT2D eigenvalue weighted by Gasteiger charge is -2.42. The zero-order valence-corrected chi connectivity index (χ0v) is 15.9. The van der Waals surface area contributed by atoms with Gasteiger partial charge in [0.15, 0.2) is 0 Å². The van der Waals surface area contributed by atoms with E-state index in [1.807, 2.05) is 4.90 Å². The molecule has 2 fully saturated rings. The zero-order valence-electron chi connectivity index (χ0n) is 15.9. The number of ether oxygens (including phenoxy) is 1. The third-order valence-corrected chi connectivity index (χ3v) is 6.13. The Hall–Kier alpha value is -2.40. The van der Waals surface area contributed by atoms with Gasteiger partial charge in [0.05, 0.1) is 6.10 Å². The monoisotopic (exact) mass is 383 g/mol. The van der Waals surface area contributed by atoms with Crippen molar-refractivity contribution in [1.82, 2.24) is 4.90 Å². The van der Waals surface area contributed by atoms with E-state index in [1.54, 1.807) is 36.4 Å². The van der Waals surface area contributed by atoms with E-state index in [4.69, 9.17) is 4.74 Å². The lowest BCUT2D eigenvalue weighted by molar-refractivity contribution is -0.00537. The molecular formula is C23H26FNO3. The molecule has 2 aliphatic rings. The third-order valence-electron chi connectivity index (χ3n) is 6.13. The highest BCUT2D eigenvalue weighted by molar-refractivity contribution is 5.94. The van der Waals surface area contributed by atoms with Crippen molar-refractivity contribution in [3.8, 4) is 5.75 Å². The van der Waals surface area contributed by atoms with Gasteiger partial charge in [-0.25, -0.2) is 4.39 Å². The summed E-state index contributed by atoms with van der Waals surface area (Å²) in [4.78, 5) is 14.9. The van der Waals surface area contributed by atoms with Crippen LogP contribution in [-0.4, -0.2) is 35.1 Å². The van der Waals surface area contributed by atoms with Crippen molar-refractivity contribution in [2.24, 2.45) is 5.41 Å². The third kappa shape index (κ3) is 3.90. The maximum atomic E-state index is 13.3. The molecule has 0 radical (unpaired) electrons. The van der Waals surface area contributed by atoms with Crippen LogP contribution in [0.3, 0.4) is 0 Å². The van der Waals surface area contributed by atoms with Gasteiger partial charge in [-0.05, 0) is 61.6 Å². The second-order valence-corrected chi connectivity index (χ2v) is 8.05. The van der Waals surface area contributed by atoms with Crippen molar-refractivity contribution in [2.75, 3.05) is 13.1 Å². The Morgan fingerprint density at radius 2 is 2.00 bits per heavy atom. The fourth-order valence-electron chi connectivity index (χ4n) is 4.62. The molecule has 4 rings (SSSR count). The number of carbonyl (C=O) groups is 1. The van der Waals surface area contributed by atoms with E-state index in [9.17, 15) is 14.3 Å². The van der Waals surface area contributed by atoms with Gasteiger partial charge in [-0.15, -0.1) is 0 Å². The van der Waals surface area contributed by atoms with Crippen molar-refractivity contribution >= 4 is 5.91 Å². The topological polar surface area (TPSA) is 49.8 Å². The van der Waals surface area contributed by atoms with Gasteiger partial charge in [-0.1, -0.05) is 24.6 Å². The fraction of sp³-hybridized carbons (Fsp3) is 0.435. The summed E-state index contributed by atoms with van der Waals surface area (Å²) >= 11 is 0. The minimum absolute atomic E-state index is 0.0191. The van der Waals surface area contributed by atoms with Crippen molar-refractivity contribution in [1.29, 1.82) is 0 Å². The molecule has 5 heteroatoms. The number of carbonyl (C=O) groups excluding carboxylic acids is 1. The molecular weight excluding hydrogens is 357 g/mol. The van der Waals surface area contributed by atoms with E-state index < -0.39 is 0 Å². The van der Waals surface area contributed by atoms with E-state index in [2.05, 4.69) is 0 Å². The van der Waals surface area contributed by atoms with Crippen molar-refractivity contribution < 1.29 is 19.0 Å². The van der Waals surface area contributed by atoms with Crippen LogP contribution in [0.2, 0.25) is 0 Å². The van der Waals surface area contributed by atoms with Crippen LogP contribution < -0.4 is 4.74 Å². The number of piperidine rings is 1. The maximum Gasteiger partial charge on any atom is 0.254 e. The largest absolute Gasteiger partial charge is 0.489 e. The Morgan fingerprint density at radius 1 is 1.18 bits per heavy atom. The zero-order chi connectivity index (χ0) is 19.6. The number of nitrogens with zero attached hydrogens (tertiary/aromatic N) is 1. The van der Waals surface area contributed by atoms with Crippen LogP contribution in [0, 0.1) is 11.2 Å². The number of amides is 1.